The van der Waals surface area contributed by atoms with Crippen LogP contribution in [0.4, 0.5) is 0 Å². The van der Waals surface area contributed by atoms with Gasteiger partial charge in [0.1, 0.15) is 0 Å². The van der Waals surface area contributed by atoms with E-state index in [1.165, 1.54) is 5.56 Å². The molecule has 2 rings (SSSR count). The molecule has 1 aliphatic rings. The third-order valence-electron chi connectivity index (χ3n) is 3.41. The van der Waals surface area contributed by atoms with E-state index in [9.17, 15) is 5.11 Å². The smallest absolute Gasteiger partial charge is 0.0948 e. The molecule has 3 heteroatoms. The molecule has 0 saturated carbocycles. The standard InChI is InChI=1S/C14H21NO2/c1-14(2,11-6-4-3-5-7-11)10-15-12-8-17-9-13(12)16/h3-7,12-13,15-16H,8-10H2,1-2H3. The van der Waals surface area contributed by atoms with Gasteiger partial charge in [0.2, 0.25) is 0 Å². The van der Waals surface area contributed by atoms with Crippen LogP contribution in [-0.2, 0) is 10.2 Å². The van der Waals surface area contributed by atoms with Gasteiger partial charge in [-0.1, -0.05) is 44.2 Å². The quantitative estimate of drug-likeness (QED) is 0.827. The molecule has 0 radical (unpaired) electrons. The molecule has 1 aromatic rings. The Balaban J connectivity index is 1.93. The molecule has 0 aromatic heterocycles. The molecule has 0 bridgehead atoms. The van der Waals surface area contributed by atoms with Crippen LogP contribution in [0.2, 0.25) is 0 Å². The van der Waals surface area contributed by atoms with Gasteiger partial charge in [-0.2, -0.15) is 0 Å². The average Bonchev–Trinajstić information content (AvgIpc) is 2.74. The minimum atomic E-state index is -0.374. The van der Waals surface area contributed by atoms with Crippen molar-refractivity contribution in [2.45, 2.75) is 31.4 Å². The maximum Gasteiger partial charge on any atom is 0.0948 e. The summed E-state index contributed by atoms with van der Waals surface area (Å²) in [4.78, 5) is 0. The van der Waals surface area contributed by atoms with E-state index in [0.29, 0.717) is 13.2 Å². The van der Waals surface area contributed by atoms with Crippen LogP contribution in [0, 0.1) is 0 Å². The van der Waals surface area contributed by atoms with Crippen LogP contribution >= 0.6 is 0 Å². The second-order valence-electron chi connectivity index (χ2n) is 5.34. The van der Waals surface area contributed by atoms with Gasteiger partial charge in [-0.05, 0) is 5.56 Å². The normalized spacial score (nSPS) is 25.1. The Hall–Kier alpha value is -0.900. The van der Waals surface area contributed by atoms with E-state index in [4.69, 9.17) is 4.74 Å². The molecule has 1 saturated heterocycles. The first-order valence-electron chi connectivity index (χ1n) is 6.14. The van der Waals surface area contributed by atoms with Crippen LogP contribution in [0.25, 0.3) is 0 Å². The van der Waals surface area contributed by atoms with Crippen molar-refractivity contribution >= 4 is 0 Å². The Morgan fingerprint density at radius 3 is 2.59 bits per heavy atom. The van der Waals surface area contributed by atoms with Gasteiger partial charge in [0.25, 0.3) is 0 Å². The van der Waals surface area contributed by atoms with Crippen molar-refractivity contribution in [2.24, 2.45) is 0 Å². The lowest BCUT2D eigenvalue weighted by Gasteiger charge is -2.28. The number of benzene rings is 1. The van der Waals surface area contributed by atoms with Gasteiger partial charge in [0.05, 0.1) is 25.4 Å². The summed E-state index contributed by atoms with van der Waals surface area (Å²) in [6, 6.07) is 10.5. The number of nitrogens with one attached hydrogen (secondary N) is 1. The second kappa shape index (κ2) is 5.17. The maximum atomic E-state index is 9.67. The predicted octanol–water partition coefficient (Wildman–Crippen LogP) is 1.31. The summed E-state index contributed by atoms with van der Waals surface area (Å²) in [7, 11) is 0. The molecule has 0 amide bonds. The van der Waals surface area contributed by atoms with E-state index in [1.807, 2.05) is 6.07 Å². The molecular formula is C14H21NO2. The highest BCUT2D eigenvalue weighted by atomic mass is 16.5. The lowest BCUT2D eigenvalue weighted by Crippen LogP contribution is -2.44. The molecule has 17 heavy (non-hydrogen) atoms. The minimum absolute atomic E-state index is 0.0591. The Morgan fingerprint density at radius 2 is 2.00 bits per heavy atom. The number of ether oxygens (including phenoxy) is 1. The van der Waals surface area contributed by atoms with Crippen molar-refractivity contribution in [3.63, 3.8) is 0 Å². The molecule has 94 valence electrons. The van der Waals surface area contributed by atoms with Gasteiger partial charge in [0.15, 0.2) is 0 Å². The molecule has 0 aliphatic carbocycles. The highest BCUT2D eigenvalue weighted by Crippen LogP contribution is 2.22. The topological polar surface area (TPSA) is 41.5 Å². The highest BCUT2D eigenvalue weighted by molar-refractivity contribution is 5.23. The van der Waals surface area contributed by atoms with Gasteiger partial charge < -0.3 is 15.2 Å². The van der Waals surface area contributed by atoms with Crippen LogP contribution in [0.5, 0.6) is 0 Å². The van der Waals surface area contributed by atoms with Gasteiger partial charge in [-0.15, -0.1) is 0 Å². The summed E-state index contributed by atoms with van der Waals surface area (Å²) in [5.74, 6) is 0. The monoisotopic (exact) mass is 235 g/mol. The molecule has 1 aliphatic heterocycles. The first-order chi connectivity index (χ1) is 8.09. The molecule has 1 heterocycles. The van der Waals surface area contributed by atoms with Crippen molar-refractivity contribution < 1.29 is 9.84 Å². The first kappa shape index (κ1) is 12.6. The molecule has 2 atom stereocenters. The molecule has 3 nitrogen and oxygen atoms in total. The summed E-state index contributed by atoms with van der Waals surface area (Å²) in [5.41, 5.74) is 1.37. The Morgan fingerprint density at radius 1 is 1.29 bits per heavy atom. The molecular weight excluding hydrogens is 214 g/mol. The lowest BCUT2D eigenvalue weighted by molar-refractivity contribution is 0.122. The fourth-order valence-electron chi connectivity index (χ4n) is 2.12. The van der Waals surface area contributed by atoms with Crippen LogP contribution in [0.1, 0.15) is 19.4 Å². The minimum Gasteiger partial charge on any atom is -0.389 e. The van der Waals surface area contributed by atoms with E-state index in [0.717, 1.165) is 6.54 Å². The van der Waals surface area contributed by atoms with Gasteiger partial charge in [-0.3, -0.25) is 0 Å². The molecule has 0 spiro atoms. The lowest BCUT2D eigenvalue weighted by atomic mass is 9.84. The number of aliphatic hydroxyl groups is 1. The summed E-state index contributed by atoms with van der Waals surface area (Å²) in [6.45, 7) is 6.30. The van der Waals surface area contributed by atoms with Gasteiger partial charge in [0, 0.05) is 12.0 Å². The van der Waals surface area contributed by atoms with Crippen LogP contribution in [0.3, 0.4) is 0 Å². The van der Waals surface area contributed by atoms with Crippen molar-refractivity contribution in [3.05, 3.63) is 35.9 Å². The van der Waals surface area contributed by atoms with E-state index in [-0.39, 0.29) is 17.6 Å². The molecule has 2 unspecified atom stereocenters. The van der Waals surface area contributed by atoms with Gasteiger partial charge in [-0.25, -0.2) is 0 Å². The van der Waals surface area contributed by atoms with Crippen LogP contribution in [0.15, 0.2) is 30.3 Å². The summed E-state index contributed by atoms with van der Waals surface area (Å²) < 4.78 is 5.23. The van der Waals surface area contributed by atoms with Crippen molar-refractivity contribution in [1.29, 1.82) is 0 Å². The molecule has 2 N–H and O–H groups in total. The summed E-state index contributed by atoms with van der Waals surface area (Å²) in [5, 5.41) is 13.1. The second-order valence-corrected chi connectivity index (χ2v) is 5.34. The Bertz CT molecular complexity index is 350. The Labute approximate surface area is 103 Å². The van der Waals surface area contributed by atoms with E-state index < -0.39 is 0 Å². The van der Waals surface area contributed by atoms with Gasteiger partial charge >= 0.3 is 0 Å². The predicted molar refractivity (Wildman–Crippen MR) is 68.1 cm³/mol. The largest absolute Gasteiger partial charge is 0.389 e. The number of hydrogen-bond donors (Lipinski definition) is 2. The van der Waals surface area contributed by atoms with E-state index >= 15 is 0 Å². The van der Waals surface area contributed by atoms with Crippen LogP contribution in [-0.4, -0.2) is 37.0 Å². The van der Waals surface area contributed by atoms with Crippen molar-refractivity contribution in [1.82, 2.24) is 5.32 Å². The van der Waals surface area contributed by atoms with E-state index in [2.05, 4.69) is 43.4 Å². The zero-order chi connectivity index (χ0) is 12.3. The molecule has 1 fully saturated rings. The van der Waals surface area contributed by atoms with Crippen molar-refractivity contribution in [3.8, 4) is 0 Å². The Kier molecular flexibility index (Phi) is 3.82. The fourth-order valence-corrected chi connectivity index (χ4v) is 2.12. The summed E-state index contributed by atoms with van der Waals surface area (Å²) >= 11 is 0. The fraction of sp³-hybridized carbons (Fsp3) is 0.571. The van der Waals surface area contributed by atoms with Crippen molar-refractivity contribution in [2.75, 3.05) is 19.8 Å². The summed E-state index contributed by atoms with van der Waals surface area (Å²) in [6.07, 6.45) is -0.374. The third-order valence-corrected chi connectivity index (χ3v) is 3.41. The number of rotatable bonds is 4. The molecule has 1 aromatic carbocycles. The number of hydrogen-bond acceptors (Lipinski definition) is 3. The average molecular weight is 235 g/mol. The highest BCUT2D eigenvalue weighted by Gasteiger charge is 2.28. The zero-order valence-electron chi connectivity index (χ0n) is 10.5. The zero-order valence-corrected chi connectivity index (χ0v) is 10.5. The van der Waals surface area contributed by atoms with E-state index in [1.54, 1.807) is 0 Å². The first-order valence-corrected chi connectivity index (χ1v) is 6.14. The van der Waals surface area contributed by atoms with Crippen LogP contribution < -0.4 is 5.32 Å². The third kappa shape index (κ3) is 3.06. The maximum absolute atomic E-state index is 9.67. The SMILES string of the molecule is CC(C)(CNC1COCC1O)c1ccccc1. The number of aliphatic hydroxyl groups excluding tert-OH is 1.